The van der Waals surface area contributed by atoms with Gasteiger partial charge in [0.1, 0.15) is 35.5 Å². The van der Waals surface area contributed by atoms with Gasteiger partial charge in [0.25, 0.3) is 0 Å². The van der Waals surface area contributed by atoms with Gasteiger partial charge in [-0.2, -0.15) is 5.10 Å². The van der Waals surface area contributed by atoms with Crippen LogP contribution < -0.4 is 10.5 Å². The largest absolute Gasteiger partial charge is 0.457 e. The van der Waals surface area contributed by atoms with Crippen LogP contribution in [0.3, 0.4) is 0 Å². The summed E-state index contributed by atoms with van der Waals surface area (Å²) in [5, 5.41) is 5.46. The van der Waals surface area contributed by atoms with Crippen LogP contribution in [0.15, 0.2) is 60.9 Å². The third-order valence-electron chi connectivity index (χ3n) is 6.21. The Morgan fingerprint density at radius 1 is 1.03 bits per heavy atom. The molecule has 3 heterocycles. The van der Waals surface area contributed by atoms with Gasteiger partial charge >= 0.3 is 0 Å². The van der Waals surface area contributed by atoms with Crippen LogP contribution in [0.5, 0.6) is 11.5 Å². The van der Waals surface area contributed by atoms with Gasteiger partial charge in [0.05, 0.1) is 11.4 Å². The number of fused-ring (bicyclic) bond motifs is 1. The molecule has 7 nitrogen and oxygen atoms in total. The monoisotopic (exact) mass is 446 g/mol. The topological polar surface area (TPSA) is 82.1 Å². The molecular formula is C25H27FN6O. The van der Waals surface area contributed by atoms with E-state index in [4.69, 9.17) is 15.6 Å². The molecule has 1 fully saturated rings. The lowest BCUT2D eigenvalue weighted by atomic mass is 10.0. The molecule has 0 amide bonds. The van der Waals surface area contributed by atoms with Gasteiger partial charge in [-0.05, 0) is 56.7 Å². The number of ether oxygens (including phenoxy) is 1. The molecule has 170 valence electrons. The van der Waals surface area contributed by atoms with Gasteiger partial charge in [0.2, 0.25) is 0 Å². The number of hydrogen-bond donors (Lipinski definition) is 1. The molecule has 1 saturated heterocycles. The van der Waals surface area contributed by atoms with Crippen molar-refractivity contribution in [2.24, 2.45) is 0 Å². The zero-order chi connectivity index (χ0) is 22.9. The van der Waals surface area contributed by atoms with Crippen LogP contribution >= 0.6 is 0 Å². The third-order valence-corrected chi connectivity index (χ3v) is 6.21. The normalized spacial score (nSPS) is 19.3. The van der Waals surface area contributed by atoms with Gasteiger partial charge in [-0.1, -0.05) is 18.2 Å². The zero-order valence-electron chi connectivity index (χ0n) is 18.7. The standard InChI is InChI=1S/C25H27FN6O/c1-16(2)31-13-12-21(20(26)14-31)32-25-22(24(27)28-15-29-25)23(30-32)17-8-10-19(11-9-17)33-18-6-4-3-5-7-18/h3-11,15-16,20-21H,12-14H2,1-2H3,(H2,27,28,29). The Bertz CT molecular complexity index is 1240. The first-order chi connectivity index (χ1) is 16.0. The van der Waals surface area contributed by atoms with Gasteiger partial charge in [-0.3, -0.25) is 4.90 Å². The number of anilines is 1. The van der Waals surface area contributed by atoms with Gasteiger partial charge in [0, 0.05) is 24.7 Å². The highest BCUT2D eigenvalue weighted by Crippen LogP contribution is 2.36. The minimum atomic E-state index is -1.05. The average molecular weight is 447 g/mol. The average Bonchev–Trinajstić information content (AvgIpc) is 3.21. The number of hydrogen-bond acceptors (Lipinski definition) is 6. The lowest BCUT2D eigenvalue weighted by molar-refractivity contribution is 0.0668. The van der Waals surface area contributed by atoms with E-state index in [0.717, 1.165) is 17.9 Å². The summed E-state index contributed by atoms with van der Waals surface area (Å²) >= 11 is 0. The maximum absolute atomic E-state index is 15.3. The van der Waals surface area contributed by atoms with Crippen molar-refractivity contribution in [2.75, 3.05) is 18.8 Å². The summed E-state index contributed by atoms with van der Waals surface area (Å²) in [4.78, 5) is 10.8. The number of halogens is 1. The third kappa shape index (κ3) is 4.14. The molecule has 4 aromatic rings. The van der Waals surface area contributed by atoms with E-state index in [0.29, 0.717) is 47.3 Å². The van der Waals surface area contributed by atoms with Gasteiger partial charge < -0.3 is 10.5 Å². The number of piperidine rings is 1. The summed E-state index contributed by atoms with van der Waals surface area (Å²) in [6.07, 6.45) is 1.02. The van der Waals surface area contributed by atoms with Gasteiger partial charge in [0.15, 0.2) is 5.65 Å². The van der Waals surface area contributed by atoms with E-state index < -0.39 is 12.2 Å². The number of alkyl halides is 1. The van der Waals surface area contributed by atoms with Crippen molar-refractivity contribution in [1.29, 1.82) is 0 Å². The summed E-state index contributed by atoms with van der Waals surface area (Å²) in [6, 6.07) is 17.1. The first-order valence-corrected chi connectivity index (χ1v) is 11.2. The molecule has 0 radical (unpaired) electrons. The molecule has 8 heteroatoms. The first-order valence-electron chi connectivity index (χ1n) is 11.2. The SMILES string of the molecule is CC(C)N1CCC(n2nc(-c3ccc(Oc4ccccc4)cc3)c3c(N)ncnc32)C(F)C1. The predicted octanol–water partition coefficient (Wildman–Crippen LogP) is 4.86. The van der Waals surface area contributed by atoms with E-state index in [9.17, 15) is 0 Å². The van der Waals surface area contributed by atoms with E-state index >= 15 is 4.39 Å². The molecule has 2 aromatic carbocycles. The van der Waals surface area contributed by atoms with Crippen LogP contribution in [-0.4, -0.2) is 50.0 Å². The molecule has 1 aliphatic heterocycles. The molecule has 0 bridgehead atoms. The van der Waals surface area contributed by atoms with Crippen LogP contribution in [0.25, 0.3) is 22.3 Å². The number of nitrogen functional groups attached to an aromatic ring is 1. The number of para-hydroxylation sites is 1. The maximum Gasteiger partial charge on any atom is 0.164 e. The quantitative estimate of drug-likeness (QED) is 0.471. The van der Waals surface area contributed by atoms with Crippen LogP contribution in [-0.2, 0) is 0 Å². The van der Waals surface area contributed by atoms with E-state index in [1.807, 2.05) is 54.6 Å². The van der Waals surface area contributed by atoms with Gasteiger partial charge in [-0.25, -0.2) is 19.0 Å². The van der Waals surface area contributed by atoms with Crippen LogP contribution in [0.2, 0.25) is 0 Å². The van der Waals surface area contributed by atoms with Gasteiger partial charge in [-0.15, -0.1) is 0 Å². The molecule has 2 atom stereocenters. The van der Waals surface area contributed by atoms with Crippen molar-refractivity contribution < 1.29 is 9.13 Å². The molecular weight excluding hydrogens is 419 g/mol. The van der Waals surface area contributed by atoms with Crippen molar-refractivity contribution >= 4 is 16.9 Å². The Hall–Kier alpha value is -3.52. The molecule has 2 unspecified atom stereocenters. The molecule has 2 N–H and O–H groups in total. The predicted molar refractivity (Wildman–Crippen MR) is 127 cm³/mol. The maximum atomic E-state index is 15.3. The van der Waals surface area contributed by atoms with Crippen LogP contribution in [0, 0.1) is 0 Å². The van der Waals surface area contributed by atoms with E-state index in [1.165, 1.54) is 6.33 Å². The summed E-state index contributed by atoms with van der Waals surface area (Å²) in [7, 11) is 0. The fraction of sp³-hybridized carbons (Fsp3) is 0.320. The van der Waals surface area contributed by atoms with E-state index in [1.54, 1.807) is 4.68 Å². The Morgan fingerprint density at radius 3 is 2.45 bits per heavy atom. The van der Waals surface area contributed by atoms with Crippen LogP contribution in [0.4, 0.5) is 10.2 Å². The highest BCUT2D eigenvalue weighted by Gasteiger charge is 2.34. The number of nitrogens with two attached hydrogens (primary N) is 1. The second-order valence-corrected chi connectivity index (χ2v) is 8.65. The summed E-state index contributed by atoms with van der Waals surface area (Å²) in [5.74, 6) is 1.81. The molecule has 2 aromatic heterocycles. The lowest BCUT2D eigenvalue weighted by Gasteiger charge is -2.37. The highest BCUT2D eigenvalue weighted by molar-refractivity contribution is 5.98. The minimum Gasteiger partial charge on any atom is -0.457 e. The first kappa shape index (κ1) is 21.3. The Morgan fingerprint density at radius 2 is 1.76 bits per heavy atom. The number of nitrogens with zero attached hydrogens (tertiary/aromatic N) is 5. The smallest absolute Gasteiger partial charge is 0.164 e. The number of benzene rings is 2. The summed E-state index contributed by atoms with van der Waals surface area (Å²) in [6.45, 7) is 5.37. The Balaban J connectivity index is 1.49. The summed E-state index contributed by atoms with van der Waals surface area (Å²) < 4.78 is 22.9. The Labute approximate surface area is 192 Å². The van der Waals surface area contributed by atoms with Crippen molar-refractivity contribution in [3.8, 4) is 22.8 Å². The second kappa shape index (κ2) is 8.78. The fourth-order valence-corrected chi connectivity index (χ4v) is 4.39. The van der Waals surface area contributed by atoms with E-state index in [-0.39, 0.29) is 0 Å². The molecule has 33 heavy (non-hydrogen) atoms. The second-order valence-electron chi connectivity index (χ2n) is 8.65. The number of aromatic nitrogens is 4. The van der Waals surface area contributed by atoms with Crippen molar-refractivity contribution in [3.63, 3.8) is 0 Å². The molecule has 1 aliphatic rings. The molecule has 0 spiro atoms. The molecule has 0 saturated carbocycles. The van der Waals surface area contributed by atoms with E-state index in [2.05, 4.69) is 28.7 Å². The fourth-order valence-electron chi connectivity index (χ4n) is 4.39. The molecule has 0 aliphatic carbocycles. The highest BCUT2D eigenvalue weighted by atomic mass is 19.1. The Kier molecular flexibility index (Phi) is 5.68. The summed E-state index contributed by atoms with van der Waals surface area (Å²) in [5.41, 5.74) is 8.29. The number of likely N-dealkylation sites (tertiary alicyclic amines) is 1. The van der Waals surface area contributed by atoms with Crippen molar-refractivity contribution in [3.05, 3.63) is 60.9 Å². The zero-order valence-corrected chi connectivity index (χ0v) is 18.7. The minimum absolute atomic E-state index is 0.309. The number of rotatable bonds is 5. The molecule has 5 rings (SSSR count). The lowest BCUT2D eigenvalue weighted by Crippen LogP contribution is -2.45. The van der Waals surface area contributed by atoms with Crippen molar-refractivity contribution in [2.45, 2.75) is 38.5 Å². The van der Waals surface area contributed by atoms with Crippen molar-refractivity contribution in [1.82, 2.24) is 24.6 Å². The van der Waals surface area contributed by atoms with Crippen LogP contribution in [0.1, 0.15) is 26.3 Å².